The lowest BCUT2D eigenvalue weighted by Gasteiger charge is -2.19. The minimum absolute atomic E-state index is 0.317. The van der Waals surface area contributed by atoms with Crippen molar-refractivity contribution in [3.63, 3.8) is 0 Å². The van der Waals surface area contributed by atoms with Gasteiger partial charge in [-0.15, -0.1) is 0 Å². The Balaban J connectivity index is 1.71. The number of benzene rings is 1. The van der Waals surface area contributed by atoms with Crippen LogP contribution in [0.3, 0.4) is 0 Å². The first-order valence-corrected chi connectivity index (χ1v) is 9.66. The maximum absolute atomic E-state index is 6.62. The fourth-order valence-electron chi connectivity index (χ4n) is 4.87. The van der Waals surface area contributed by atoms with Crippen molar-refractivity contribution in [2.45, 2.75) is 65.1 Å². The van der Waals surface area contributed by atoms with Crippen LogP contribution in [0.15, 0.2) is 12.1 Å². The molecule has 24 heavy (non-hydrogen) atoms. The molecule has 2 aromatic rings. The Morgan fingerprint density at radius 1 is 1.17 bits per heavy atom. The summed E-state index contributed by atoms with van der Waals surface area (Å²) in [6.45, 7) is 7.85. The van der Waals surface area contributed by atoms with Crippen LogP contribution >= 0.6 is 0 Å². The molecule has 1 aliphatic carbocycles. The van der Waals surface area contributed by atoms with E-state index in [1.165, 1.54) is 59.0 Å². The molecule has 1 aromatic heterocycles. The molecule has 0 spiro atoms. The molecule has 3 nitrogen and oxygen atoms in total. The third-order valence-electron chi connectivity index (χ3n) is 6.62. The zero-order valence-electron chi connectivity index (χ0n) is 15.4. The fourth-order valence-corrected chi connectivity index (χ4v) is 4.87. The highest BCUT2D eigenvalue weighted by Gasteiger charge is 2.26. The minimum Gasteiger partial charge on any atom is -0.348 e. The van der Waals surface area contributed by atoms with Gasteiger partial charge in [-0.2, -0.15) is 0 Å². The number of rotatable bonds is 4. The Morgan fingerprint density at radius 2 is 1.83 bits per heavy atom. The summed E-state index contributed by atoms with van der Waals surface area (Å²) in [6.07, 6.45) is 6.42. The van der Waals surface area contributed by atoms with E-state index < -0.39 is 0 Å². The quantitative estimate of drug-likeness (QED) is 0.925. The molecule has 1 aliphatic heterocycles. The Kier molecular flexibility index (Phi) is 4.17. The van der Waals surface area contributed by atoms with Gasteiger partial charge >= 0.3 is 0 Å². The summed E-state index contributed by atoms with van der Waals surface area (Å²) in [4.78, 5) is 2.51. The van der Waals surface area contributed by atoms with E-state index in [0.717, 1.165) is 32.0 Å². The Bertz CT molecular complexity index is 752. The maximum Gasteiger partial charge on any atom is 0.0486 e. The van der Waals surface area contributed by atoms with Crippen molar-refractivity contribution in [1.82, 2.24) is 9.47 Å². The topological polar surface area (TPSA) is 34.2 Å². The van der Waals surface area contributed by atoms with Crippen molar-refractivity contribution in [3.05, 3.63) is 34.5 Å². The van der Waals surface area contributed by atoms with Crippen LogP contribution in [0, 0.1) is 12.8 Å². The average molecular weight is 326 g/mol. The second kappa shape index (κ2) is 6.20. The zero-order chi connectivity index (χ0) is 16.8. The lowest BCUT2D eigenvalue weighted by molar-refractivity contribution is 0.301. The van der Waals surface area contributed by atoms with Gasteiger partial charge in [0.05, 0.1) is 0 Å². The van der Waals surface area contributed by atoms with Crippen molar-refractivity contribution in [1.29, 1.82) is 0 Å². The van der Waals surface area contributed by atoms with Crippen LogP contribution in [0.1, 0.15) is 55.0 Å². The van der Waals surface area contributed by atoms with Crippen LogP contribution in [-0.4, -0.2) is 22.1 Å². The zero-order valence-corrected chi connectivity index (χ0v) is 15.4. The third-order valence-corrected chi connectivity index (χ3v) is 6.62. The summed E-state index contributed by atoms with van der Waals surface area (Å²) < 4.78 is 2.38. The Labute approximate surface area is 145 Å². The number of nitrogens with two attached hydrogens (primary N) is 1. The molecule has 1 atom stereocenters. The monoisotopic (exact) mass is 325 g/mol. The molecule has 2 heterocycles. The van der Waals surface area contributed by atoms with Crippen LogP contribution < -0.4 is 5.73 Å². The van der Waals surface area contributed by atoms with E-state index in [2.05, 4.69) is 42.5 Å². The fraction of sp³-hybridized carbons (Fsp3) is 0.619. The second-order valence-corrected chi connectivity index (χ2v) is 7.98. The van der Waals surface area contributed by atoms with Gasteiger partial charge in [0, 0.05) is 42.8 Å². The Hall–Kier alpha value is -1.32. The van der Waals surface area contributed by atoms with Crippen molar-refractivity contribution < 1.29 is 0 Å². The number of hydrogen-bond donors (Lipinski definition) is 1. The van der Waals surface area contributed by atoms with Crippen LogP contribution in [0.25, 0.3) is 10.9 Å². The molecule has 1 unspecified atom stereocenters. The van der Waals surface area contributed by atoms with E-state index in [1.807, 2.05) is 0 Å². The van der Waals surface area contributed by atoms with Crippen molar-refractivity contribution in [2.24, 2.45) is 18.7 Å². The van der Waals surface area contributed by atoms with Crippen LogP contribution in [-0.2, 0) is 26.6 Å². The van der Waals surface area contributed by atoms with Crippen LogP contribution in [0.2, 0.25) is 0 Å². The number of aromatic nitrogens is 1. The average Bonchev–Trinajstić information content (AvgIpc) is 3.29. The molecular formula is C21H31N3. The third kappa shape index (κ3) is 2.58. The largest absolute Gasteiger partial charge is 0.348 e. The van der Waals surface area contributed by atoms with E-state index >= 15 is 0 Å². The highest BCUT2D eigenvalue weighted by molar-refractivity contribution is 5.87. The van der Waals surface area contributed by atoms with E-state index in [9.17, 15) is 0 Å². The molecule has 0 bridgehead atoms. The van der Waals surface area contributed by atoms with E-state index in [0.29, 0.717) is 6.04 Å². The smallest absolute Gasteiger partial charge is 0.0486 e. The molecule has 0 radical (unpaired) electrons. The molecule has 2 aliphatic rings. The molecule has 0 saturated heterocycles. The number of nitrogens with zero attached hydrogens (tertiary/aromatic N) is 2. The molecule has 3 heteroatoms. The van der Waals surface area contributed by atoms with Crippen molar-refractivity contribution in [2.75, 3.05) is 6.54 Å². The first-order valence-electron chi connectivity index (χ1n) is 9.66. The van der Waals surface area contributed by atoms with Gasteiger partial charge in [-0.3, -0.25) is 4.90 Å². The molecule has 2 N–H and O–H groups in total. The van der Waals surface area contributed by atoms with E-state index in [-0.39, 0.29) is 0 Å². The summed E-state index contributed by atoms with van der Waals surface area (Å²) in [5.41, 5.74) is 13.9. The SMILES string of the molecule is CCN1Cc2cc3c(CC(N)C4CCCC4)c(C)n(C)c3cc2C1. The number of fused-ring (bicyclic) bond motifs is 2. The first-order chi connectivity index (χ1) is 11.6. The van der Waals surface area contributed by atoms with E-state index in [1.54, 1.807) is 0 Å². The molecule has 130 valence electrons. The van der Waals surface area contributed by atoms with Gasteiger partial charge in [-0.25, -0.2) is 0 Å². The molecule has 1 fully saturated rings. The van der Waals surface area contributed by atoms with Gasteiger partial charge < -0.3 is 10.3 Å². The first kappa shape index (κ1) is 16.2. The van der Waals surface area contributed by atoms with Crippen molar-refractivity contribution >= 4 is 10.9 Å². The summed E-state index contributed by atoms with van der Waals surface area (Å²) in [5.74, 6) is 0.727. The highest BCUT2D eigenvalue weighted by Crippen LogP contribution is 2.34. The van der Waals surface area contributed by atoms with Gasteiger partial charge in [0.1, 0.15) is 0 Å². The summed E-state index contributed by atoms with van der Waals surface area (Å²) in [5, 5.41) is 1.44. The van der Waals surface area contributed by atoms with Gasteiger partial charge in [0.25, 0.3) is 0 Å². The van der Waals surface area contributed by atoms with Crippen molar-refractivity contribution in [3.8, 4) is 0 Å². The standard InChI is InChI=1S/C21H31N3/c1-4-24-12-16-9-19-18(11-20(22)15-7-5-6-8-15)14(2)23(3)21(19)10-17(16)13-24/h9-10,15,20H,4-8,11-13,22H2,1-3H3. The predicted octanol–water partition coefficient (Wildman–Crippen LogP) is 3.88. The summed E-state index contributed by atoms with van der Waals surface area (Å²) >= 11 is 0. The summed E-state index contributed by atoms with van der Waals surface area (Å²) in [6, 6.07) is 5.21. The molecule has 0 amide bonds. The van der Waals surface area contributed by atoms with E-state index in [4.69, 9.17) is 5.73 Å². The molecule has 1 aromatic carbocycles. The lowest BCUT2D eigenvalue weighted by atomic mass is 9.91. The van der Waals surface area contributed by atoms with Gasteiger partial charge in [0.2, 0.25) is 0 Å². The normalized spacial score (nSPS) is 20.2. The number of hydrogen-bond acceptors (Lipinski definition) is 2. The highest BCUT2D eigenvalue weighted by atomic mass is 15.1. The number of aryl methyl sites for hydroxylation is 1. The predicted molar refractivity (Wildman–Crippen MR) is 101 cm³/mol. The lowest BCUT2D eigenvalue weighted by Crippen LogP contribution is -2.30. The van der Waals surface area contributed by atoms with Gasteiger partial charge in [-0.05, 0) is 67.5 Å². The molecule has 4 rings (SSSR count). The molecule has 1 saturated carbocycles. The Morgan fingerprint density at radius 3 is 2.50 bits per heavy atom. The van der Waals surface area contributed by atoms with Gasteiger partial charge in [-0.1, -0.05) is 19.8 Å². The van der Waals surface area contributed by atoms with Crippen LogP contribution in [0.4, 0.5) is 0 Å². The summed E-state index contributed by atoms with van der Waals surface area (Å²) in [7, 11) is 2.21. The van der Waals surface area contributed by atoms with Gasteiger partial charge in [0.15, 0.2) is 0 Å². The maximum atomic E-state index is 6.62. The van der Waals surface area contributed by atoms with Crippen LogP contribution in [0.5, 0.6) is 0 Å². The minimum atomic E-state index is 0.317. The second-order valence-electron chi connectivity index (χ2n) is 7.98. The molecular weight excluding hydrogens is 294 g/mol.